The molecule has 0 heterocycles. The molecular weight excluding hydrogens is 460 g/mol. The Balaban J connectivity index is 1.59. The Morgan fingerprint density at radius 3 is 2.49 bits per heavy atom. The van der Waals surface area contributed by atoms with Gasteiger partial charge in [-0.1, -0.05) is 37.3 Å². The highest BCUT2D eigenvalue weighted by atomic mass is 32.2. The fourth-order valence-corrected chi connectivity index (χ4v) is 4.90. The lowest BCUT2D eigenvalue weighted by atomic mass is 10.0. The van der Waals surface area contributed by atoms with E-state index in [4.69, 9.17) is 14.2 Å². The molecule has 0 N–H and O–H groups in total. The number of ether oxygens (including phenoxy) is 3. The number of hydrogen-bond donors (Lipinski definition) is 0. The maximum Gasteiger partial charge on any atom is 0.305 e. The number of hydrogen-bond acceptors (Lipinski definition) is 5. The van der Waals surface area contributed by atoms with Crippen molar-refractivity contribution in [2.75, 3.05) is 13.7 Å². The van der Waals surface area contributed by atoms with Gasteiger partial charge >= 0.3 is 5.97 Å². The van der Waals surface area contributed by atoms with Crippen molar-refractivity contribution in [1.82, 2.24) is 0 Å². The van der Waals surface area contributed by atoms with Gasteiger partial charge in [0.1, 0.15) is 11.5 Å². The van der Waals surface area contributed by atoms with E-state index in [1.54, 1.807) is 0 Å². The number of aryl methyl sites for hydroxylation is 3. The van der Waals surface area contributed by atoms with Gasteiger partial charge in [0, 0.05) is 17.7 Å². The summed E-state index contributed by atoms with van der Waals surface area (Å²) >= 11 is 0. The largest absolute Gasteiger partial charge is 0.493 e. The molecule has 0 saturated heterocycles. The highest BCUT2D eigenvalue weighted by Gasteiger charge is 2.16. The van der Waals surface area contributed by atoms with Gasteiger partial charge in [-0.05, 0) is 79.8 Å². The van der Waals surface area contributed by atoms with Gasteiger partial charge < -0.3 is 14.2 Å². The van der Waals surface area contributed by atoms with E-state index >= 15 is 0 Å². The summed E-state index contributed by atoms with van der Waals surface area (Å²) < 4.78 is 30.1. The Morgan fingerprint density at radius 1 is 1.03 bits per heavy atom. The number of esters is 1. The molecule has 0 fully saturated rings. The van der Waals surface area contributed by atoms with Crippen molar-refractivity contribution in [3.05, 3.63) is 83.4 Å². The second kappa shape index (κ2) is 13.1. The Kier molecular flexibility index (Phi) is 9.91. The molecule has 6 heteroatoms. The lowest BCUT2D eigenvalue weighted by molar-refractivity contribution is -0.140. The molecular formula is C29H34O5S. The van der Waals surface area contributed by atoms with E-state index in [2.05, 4.69) is 6.92 Å². The third kappa shape index (κ3) is 7.69. The average molecular weight is 495 g/mol. The van der Waals surface area contributed by atoms with Crippen LogP contribution in [0.2, 0.25) is 0 Å². The maximum absolute atomic E-state index is 13.3. The molecule has 2 atom stereocenters. The molecule has 35 heavy (non-hydrogen) atoms. The van der Waals surface area contributed by atoms with E-state index in [1.165, 1.54) is 7.11 Å². The molecule has 0 saturated carbocycles. The van der Waals surface area contributed by atoms with Crippen molar-refractivity contribution in [3.8, 4) is 11.5 Å². The van der Waals surface area contributed by atoms with Crippen LogP contribution in [0.3, 0.4) is 0 Å². The minimum Gasteiger partial charge on any atom is -0.493 e. The first kappa shape index (κ1) is 26.5. The summed E-state index contributed by atoms with van der Waals surface area (Å²) in [4.78, 5) is 12.8. The third-order valence-corrected chi connectivity index (χ3v) is 7.25. The van der Waals surface area contributed by atoms with Crippen LogP contribution in [0.25, 0.3) is 0 Å². The number of benzene rings is 3. The van der Waals surface area contributed by atoms with E-state index in [0.29, 0.717) is 36.5 Å². The minimum absolute atomic E-state index is 0.116. The molecule has 5 nitrogen and oxygen atoms in total. The van der Waals surface area contributed by atoms with Gasteiger partial charge in [-0.2, -0.15) is 0 Å². The van der Waals surface area contributed by atoms with Gasteiger partial charge in [0.05, 0.1) is 35.5 Å². The van der Waals surface area contributed by atoms with Crippen LogP contribution >= 0.6 is 0 Å². The predicted octanol–water partition coefficient (Wildman–Crippen LogP) is 6.07. The van der Waals surface area contributed by atoms with Crippen LogP contribution in [0.15, 0.2) is 76.5 Å². The summed E-state index contributed by atoms with van der Waals surface area (Å²) in [6, 6.07) is 21.3. The molecule has 0 radical (unpaired) electrons. The Morgan fingerprint density at radius 2 is 1.80 bits per heavy atom. The van der Waals surface area contributed by atoms with E-state index in [-0.39, 0.29) is 12.1 Å². The Bertz CT molecular complexity index is 1140. The molecule has 0 spiro atoms. The van der Waals surface area contributed by atoms with Crippen LogP contribution in [0.5, 0.6) is 11.5 Å². The molecule has 0 aliphatic carbocycles. The summed E-state index contributed by atoms with van der Waals surface area (Å²) in [5.41, 5.74) is 3.31. The van der Waals surface area contributed by atoms with Crippen LogP contribution in [0.4, 0.5) is 0 Å². The van der Waals surface area contributed by atoms with Crippen molar-refractivity contribution in [2.45, 2.75) is 62.3 Å². The Labute approximate surface area is 210 Å². The number of carbonyl (C=O) groups excluding carboxylic acids is 1. The fraction of sp³-hybridized carbons (Fsp3) is 0.345. The van der Waals surface area contributed by atoms with Gasteiger partial charge in [0.2, 0.25) is 0 Å². The number of rotatable bonds is 12. The summed E-state index contributed by atoms with van der Waals surface area (Å²) in [5, 5.41) is 0. The van der Waals surface area contributed by atoms with Gasteiger partial charge in [0.15, 0.2) is 0 Å². The molecule has 2 unspecified atom stereocenters. The zero-order chi connectivity index (χ0) is 25.2. The first-order chi connectivity index (χ1) is 16.9. The third-order valence-electron chi connectivity index (χ3n) is 5.83. The monoisotopic (exact) mass is 494 g/mol. The molecule has 0 aliphatic rings. The first-order valence-electron chi connectivity index (χ1n) is 12.0. The fourth-order valence-electron chi connectivity index (χ4n) is 3.68. The summed E-state index contributed by atoms with van der Waals surface area (Å²) in [7, 11) is 0.0855. The molecule has 3 aromatic carbocycles. The van der Waals surface area contributed by atoms with Crippen molar-refractivity contribution < 1.29 is 23.2 Å². The second-order valence-corrected chi connectivity index (χ2v) is 9.90. The quantitative estimate of drug-likeness (QED) is 0.286. The topological polar surface area (TPSA) is 61.8 Å². The van der Waals surface area contributed by atoms with Gasteiger partial charge in [-0.15, -0.1) is 0 Å². The van der Waals surface area contributed by atoms with Crippen LogP contribution < -0.4 is 9.47 Å². The van der Waals surface area contributed by atoms with E-state index in [1.807, 2.05) is 80.6 Å². The van der Waals surface area contributed by atoms with E-state index in [9.17, 15) is 9.00 Å². The second-order valence-electron chi connectivity index (χ2n) is 8.45. The van der Waals surface area contributed by atoms with Crippen LogP contribution in [-0.2, 0) is 33.2 Å². The molecule has 0 aliphatic heterocycles. The van der Waals surface area contributed by atoms with Crippen molar-refractivity contribution in [3.63, 3.8) is 0 Å². The summed E-state index contributed by atoms with van der Waals surface area (Å²) in [6.07, 6.45) is 2.43. The van der Waals surface area contributed by atoms with Crippen molar-refractivity contribution >= 4 is 16.8 Å². The SMILES string of the molecule is CCc1ccc(OC(C)CCOc2ccc(CCC(=O)OC)c(C)c2)c(S(=O)c2ccccc2)c1. The minimum atomic E-state index is -1.32. The Hall–Kier alpha value is -3.12. The normalized spacial score (nSPS) is 12.6. The van der Waals surface area contributed by atoms with Crippen LogP contribution in [-0.4, -0.2) is 30.0 Å². The summed E-state index contributed by atoms with van der Waals surface area (Å²) in [6.45, 7) is 6.58. The smallest absolute Gasteiger partial charge is 0.305 e. The zero-order valence-corrected chi connectivity index (χ0v) is 21.7. The zero-order valence-electron chi connectivity index (χ0n) is 20.9. The average Bonchev–Trinajstić information content (AvgIpc) is 2.88. The van der Waals surface area contributed by atoms with Crippen LogP contribution in [0, 0.1) is 6.92 Å². The first-order valence-corrected chi connectivity index (χ1v) is 13.1. The van der Waals surface area contributed by atoms with Gasteiger partial charge in [-0.3, -0.25) is 4.79 Å². The van der Waals surface area contributed by atoms with Gasteiger partial charge in [-0.25, -0.2) is 4.21 Å². The lowest BCUT2D eigenvalue weighted by Crippen LogP contribution is -2.17. The predicted molar refractivity (Wildman–Crippen MR) is 139 cm³/mol. The number of methoxy groups -OCH3 is 1. The van der Waals surface area contributed by atoms with Crippen molar-refractivity contribution in [1.29, 1.82) is 0 Å². The molecule has 3 aromatic rings. The molecule has 3 rings (SSSR count). The molecule has 186 valence electrons. The molecule has 0 aromatic heterocycles. The number of carbonyl (C=O) groups is 1. The molecule has 0 bridgehead atoms. The van der Waals surface area contributed by atoms with Crippen molar-refractivity contribution in [2.24, 2.45) is 0 Å². The molecule has 0 amide bonds. The maximum atomic E-state index is 13.3. The van der Waals surface area contributed by atoms with Gasteiger partial charge in [0.25, 0.3) is 0 Å². The van der Waals surface area contributed by atoms with E-state index < -0.39 is 10.8 Å². The highest BCUT2D eigenvalue weighted by molar-refractivity contribution is 7.85. The standard InChI is InChI=1S/C29H34O5S/c1-5-23-11-15-27(28(20-23)35(31)26-9-7-6-8-10-26)34-22(3)17-18-33-25-14-12-24(21(2)19-25)13-16-29(30)32-4/h6-12,14-15,19-20,22H,5,13,16-18H2,1-4H3. The summed E-state index contributed by atoms with van der Waals surface area (Å²) in [5.74, 6) is 1.22. The van der Waals surface area contributed by atoms with E-state index in [0.717, 1.165) is 33.8 Å². The lowest BCUT2D eigenvalue weighted by Gasteiger charge is -2.18. The highest BCUT2D eigenvalue weighted by Crippen LogP contribution is 2.29. The van der Waals surface area contributed by atoms with Crippen LogP contribution in [0.1, 0.15) is 43.4 Å².